The Morgan fingerprint density at radius 3 is 2.50 bits per heavy atom. The van der Waals surface area contributed by atoms with E-state index < -0.39 is 6.10 Å². The van der Waals surface area contributed by atoms with Crippen molar-refractivity contribution in [1.82, 2.24) is 10.6 Å². The summed E-state index contributed by atoms with van der Waals surface area (Å²) in [5, 5.41) is 17.4. The van der Waals surface area contributed by atoms with Gasteiger partial charge in [-0.1, -0.05) is 43.3 Å². The van der Waals surface area contributed by atoms with Crippen LogP contribution < -0.4 is 10.6 Å². The number of amides is 2. The molecule has 0 aromatic heterocycles. The third kappa shape index (κ3) is 4.30. The topological polar surface area (TPSA) is 78.4 Å². The maximum Gasteiger partial charge on any atom is 0.239 e. The molecule has 2 rings (SSSR count). The van der Waals surface area contributed by atoms with Gasteiger partial charge in [0.1, 0.15) is 0 Å². The van der Waals surface area contributed by atoms with Gasteiger partial charge in [0, 0.05) is 13.0 Å². The number of aliphatic hydroxyl groups is 1. The molecule has 22 heavy (non-hydrogen) atoms. The molecule has 2 aromatic rings. The van der Waals surface area contributed by atoms with Crippen LogP contribution in [0.4, 0.5) is 0 Å². The number of nitrogens with one attached hydrogen (secondary N) is 2. The Morgan fingerprint density at radius 1 is 1.05 bits per heavy atom. The van der Waals surface area contributed by atoms with Gasteiger partial charge in [0.15, 0.2) is 0 Å². The van der Waals surface area contributed by atoms with Crippen molar-refractivity contribution in [3.05, 3.63) is 48.0 Å². The van der Waals surface area contributed by atoms with Crippen LogP contribution in [0.1, 0.15) is 25.0 Å². The molecule has 1 unspecified atom stereocenters. The minimum atomic E-state index is -0.782. The van der Waals surface area contributed by atoms with Crippen LogP contribution in [0, 0.1) is 0 Å². The fourth-order valence-corrected chi connectivity index (χ4v) is 2.11. The quantitative estimate of drug-likeness (QED) is 0.757. The summed E-state index contributed by atoms with van der Waals surface area (Å²) in [5.74, 6) is -0.494. The van der Waals surface area contributed by atoms with Gasteiger partial charge in [-0.25, -0.2) is 0 Å². The first-order chi connectivity index (χ1) is 10.6. The van der Waals surface area contributed by atoms with Crippen LogP contribution in [0.15, 0.2) is 42.5 Å². The van der Waals surface area contributed by atoms with Crippen molar-refractivity contribution in [2.75, 3.05) is 13.1 Å². The lowest BCUT2D eigenvalue weighted by atomic mass is 10.0. The molecule has 0 radical (unpaired) electrons. The van der Waals surface area contributed by atoms with Crippen molar-refractivity contribution >= 4 is 22.6 Å². The summed E-state index contributed by atoms with van der Waals surface area (Å²) in [6.45, 7) is 1.76. The van der Waals surface area contributed by atoms with Crippen molar-refractivity contribution < 1.29 is 14.7 Å². The van der Waals surface area contributed by atoms with Gasteiger partial charge in [0.05, 0.1) is 12.6 Å². The summed E-state index contributed by atoms with van der Waals surface area (Å²) >= 11 is 0. The molecule has 2 aromatic carbocycles. The van der Waals surface area contributed by atoms with E-state index in [0.717, 1.165) is 16.3 Å². The summed E-state index contributed by atoms with van der Waals surface area (Å²) < 4.78 is 0. The molecule has 5 heteroatoms. The second-order valence-electron chi connectivity index (χ2n) is 5.06. The lowest BCUT2D eigenvalue weighted by molar-refractivity contribution is -0.126. The molecule has 0 heterocycles. The van der Waals surface area contributed by atoms with E-state index in [4.69, 9.17) is 0 Å². The Balaban J connectivity index is 1.89. The van der Waals surface area contributed by atoms with Gasteiger partial charge in [-0.2, -0.15) is 0 Å². The third-order valence-electron chi connectivity index (χ3n) is 3.42. The van der Waals surface area contributed by atoms with Crippen molar-refractivity contribution in [2.45, 2.75) is 19.4 Å². The highest BCUT2D eigenvalue weighted by Gasteiger charge is 2.10. The van der Waals surface area contributed by atoms with Crippen LogP contribution in [-0.4, -0.2) is 30.0 Å². The monoisotopic (exact) mass is 300 g/mol. The number of rotatable bonds is 6. The number of hydrogen-bond acceptors (Lipinski definition) is 3. The Morgan fingerprint density at radius 2 is 1.77 bits per heavy atom. The zero-order valence-corrected chi connectivity index (χ0v) is 12.5. The first kappa shape index (κ1) is 16.0. The predicted octanol–water partition coefficient (Wildman–Crippen LogP) is 1.52. The highest BCUT2D eigenvalue weighted by Crippen LogP contribution is 2.19. The van der Waals surface area contributed by atoms with E-state index in [1.807, 2.05) is 42.5 Å². The van der Waals surface area contributed by atoms with E-state index in [1.165, 1.54) is 0 Å². The number of carbonyl (C=O) groups excluding carboxylic acids is 2. The molecular weight excluding hydrogens is 280 g/mol. The first-order valence-electron chi connectivity index (χ1n) is 7.30. The molecule has 0 saturated heterocycles. The van der Waals surface area contributed by atoms with Crippen molar-refractivity contribution in [2.24, 2.45) is 0 Å². The minimum absolute atomic E-state index is 0.0723. The maximum atomic E-state index is 11.6. The summed E-state index contributed by atoms with van der Waals surface area (Å²) in [7, 11) is 0. The maximum absolute atomic E-state index is 11.6. The van der Waals surface area contributed by atoms with Gasteiger partial charge in [0.2, 0.25) is 11.8 Å². The molecule has 0 aliphatic rings. The Bertz CT molecular complexity index is 670. The van der Waals surface area contributed by atoms with E-state index in [1.54, 1.807) is 6.92 Å². The van der Waals surface area contributed by atoms with Gasteiger partial charge >= 0.3 is 0 Å². The lowest BCUT2D eigenvalue weighted by Gasteiger charge is -2.13. The SMILES string of the molecule is CCC(=O)NCC(=O)NCC(O)c1ccc2ccccc2c1. The molecule has 1 atom stereocenters. The minimum Gasteiger partial charge on any atom is -0.387 e. The molecule has 2 amide bonds. The Hall–Kier alpha value is -2.40. The summed E-state index contributed by atoms with van der Waals surface area (Å²) in [6, 6.07) is 13.6. The first-order valence-corrected chi connectivity index (χ1v) is 7.30. The fourth-order valence-electron chi connectivity index (χ4n) is 2.11. The van der Waals surface area contributed by atoms with Crippen LogP contribution in [0.25, 0.3) is 10.8 Å². The highest BCUT2D eigenvalue weighted by molar-refractivity contribution is 5.85. The van der Waals surface area contributed by atoms with Crippen LogP contribution in [-0.2, 0) is 9.59 Å². The second kappa shape index (κ2) is 7.56. The summed E-state index contributed by atoms with van der Waals surface area (Å²) in [4.78, 5) is 22.6. The normalized spacial score (nSPS) is 11.9. The average Bonchev–Trinajstić information content (AvgIpc) is 2.56. The predicted molar refractivity (Wildman–Crippen MR) is 85.2 cm³/mol. The number of carbonyl (C=O) groups is 2. The lowest BCUT2D eigenvalue weighted by Crippen LogP contribution is -2.38. The fraction of sp³-hybridized carbons (Fsp3) is 0.294. The molecule has 0 spiro atoms. The van der Waals surface area contributed by atoms with Crippen LogP contribution in [0.5, 0.6) is 0 Å². The highest BCUT2D eigenvalue weighted by atomic mass is 16.3. The van der Waals surface area contributed by atoms with E-state index in [9.17, 15) is 14.7 Å². The summed E-state index contributed by atoms with van der Waals surface area (Å²) in [5.41, 5.74) is 0.747. The van der Waals surface area contributed by atoms with Gasteiger partial charge in [-0.3, -0.25) is 9.59 Å². The van der Waals surface area contributed by atoms with Gasteiger partial charge < -0.3 is 15.7 Å². The zero-order valence-electron chi connectivity index (χ0n) is 12.5. The van der Waals surface area contributed by atoms with Crippen LogP contribution in [0.2, 0.25) is 0 Å². The number of benzene rings is 2. The molecule has 0 saturated carbocycles. The summed E-state index contributed by atoms with van der Waals surface area (Å²) in [6.07, 6.45) is -0.442. The van der Waals surface area contributed by atoms with Crippen LogP contribution >= 0.6 is 0 Å². The van der Waals surface area contributed by atoms with E-state index in [0.29, 0.717) is 6.42 Å². The van der Waals surface area contributed by atoms with Crippen LogP contribution in [0.3, 0.4) is 0 Å². The number of hydrogen-bond donors (Lipinski definition) is 3. The van der Waals surface area contributed by atoms with E-state index in [-0.39, 0.29) is 24.9 Å². The second-order valence-corrected chi connectivity index (χ2v) is 5.06. The molecule has 0 fully saturated rings. The standard InChI is InChI=1S/C17H20N2O3/c1-2-16(21)19-11-17(22)18-10-15(20)14-8-7-12-5-3-4-6-13(12)9-14/h3-9,15,20H,2,10-11H2,1H3,(H,18,22)(H,19,21). The zero-order chi connectivity index (χ0) is 15.9. The Kier molecular flexibility index (Phi) is 5.49. The largest absolute Gasteiger partial charge is 0.387 e. The molecular formula is C17H20N2O3. The number of aliphatic hydroxyl groups excluding tert-OH is 1. The molecule has 0 aliphatic heterocycles. The van der Waals surface area contributed by atoms with Gasteiger partial charge in [-0.15, -0.1) is 0 Å². The van der Waals surface area contributed by atoms with Gasteiger partial charge in [-0.05, 0) is 22.4 Å². The molecule has 3 N–H and O–H groups in total. The van der Waals surface area contributed by atoms with Crippen molar-refractivity contribution in [3.8, 4) is 0 Å². The molecule has 0 bridgehead atoms. The smallest absolute Gasteiger partial charge is 0.239 e. The average molecular weight is 300 g/mol. The van der Waals surface area contributed by atoms with Crippen molar-refractivity contribution in [1.29, 1.82) is 0 Å². The Labute approximate surface area is 129 Å². The van der Waals surface area contributed by atoms with Gasteiger partial charge in [0.25, 0.3) is 0 Å². The van der Waals surface area contributed by atoms with E-state index in [2.05, 4.69) is 10.6 Å². The number of fused-ring (bicyclic) bond motifs is 1. The van der Waals surface area contributed by atoms with E-state index >= 15 is 0 Å². The van der Waals surface area contributed by atoms with Crippen molar-refractivity contribution in [3.63, 3.8) is 0 Å². The third-order valence-corrected chi connectivity index (χ3v) is 3.42. The molecule has 5 nitrogen and oxygen atoms in total. The molecule has 0 aliphatic carbocycles. The molecule has 116 valence electrons.